The van der Waals surface area contributed by atoms with Crippen LogP contribution >= 0.6 is 11.8 Å². The maximum absolute atomic E-state index is 13.3. The number of carbonyl (C=O) groups excluding carboxylic acids is 1. The van der Waals surface area contributed by atoms with E-state index >= 15 is 0 Å². The fraction of sp³-hybridized carbons (Fsp3) is 0.353. The van der Waals surface area contributed by atoms with Crippen LogP contribution in [-0.4, -0.2) is 40.0 Å². The molecule has 4 rings (SSSR count). The fourth-order valence-corrected chi connectivity index (χ4v) is 3.96. The Morgan fingerprint density at radius 1 is 1.15 bits per heavy atom. The number of rotatable bonds is 3. The van der Waals surface area contributed by atoms with Crippen molar-refractivity contribution in [2.24, 2.45) is 0 Å². The van der Waals surface area contributed by atoms with Crippen LogP contribution < -0.4 is 0 Å². The van der Waals surface area contributed by atoms with Gasteiger partial charge in [-0.1, -0.05) is 42.1 Å². The molecule has 26 heavy (non-hydrogen) atoms. The van der Waals surface area contributed by atoms with Gasteiger partial charge in [-0.15, -0.1) is 0 Å². The number of thioether (sulfide) groups is 1. The quantitative estimate of drug-likeness (QED) is 0.759. The van der Waals surface area contributed by atoms with Gasteiger partial charge in [-0.05, 0) is 6.07 Å². The molecule has 136 valence electrons. The van der Waals surface area contributed by atoms with E-state index in [9.17, 15) is 18.0 Å². The normalized spacial score (nSPS) is 25.5. The molecule has 9 heteroatoms. The first-order valence-electron chi connectivity index (χ1n) is 7.88. The second-order valence-electron chi connectivity index (χ2n) is 5.95. The Labute approximate surface area is 150 Å². The Bertz CT molecular complexity index is 832. The number of hydrogen-bond donors (Lipinski definition) is 0. The number of carbonyl (C=O) groups is 1. The first-order chi connectivity index (χ1) is 12.4. The number of alkyl halides is 3. The van der Waals surface area contributed by atoms with Gasteiger partial charge in [-0.25, -0.2) is 9.97 Å². The number of nitrogens with zero attached hydrogens (tertiary/aromatic N) is 2. The SMILES string of the molecule is O=C1C[C@@H](Sc2nc(-c3ccccc3)cc(C(F)(F)F)n2)[C@H]2CO[C@H]1O2. The lowest BCUT2D eigenvalue weighted by atomic mass is 10.1. The van der Waals surface area contributed by atoms with Crippen LogP contribution in [0.1, 0.15) is 12.1 Å². The summed E-state index contributed by atoms with van der Waals surface area (Å²) in [7, 11) is 0. The molecule has 0 unspecified atom stereocenters. The highest BCUT2D eigenvalue weighted by atomic mass is 32.2. The van der Waals surface area contributed by atoms with Crippen molar-refractivity contribution < 1.29 is 27.4 Å². The van der Waals surface area contributed by atoms with E-state index in [0.717, 1.165) is 17.8 Å². The monoisotopic (exact) mass is 382 g/mol. The molecule has 1 aromatic heterocycles. The van der Waals surface area contributed by atoms with Crippen LogP contribution in [0.3, 0.4) is 0 Å². The molecule has 2 aromatic rings. The number of aromatic nitrogens is 2. The molecule has 5 nitrogen and oxygen atoms in total. The third-order valence-corrected chi connectivity index (χ3v) is 5.28. The average Bonchev–Trinajstić information content (AvgIpc) is 3.06. The first-order valence-corrected chi connectivity index (χ1v) is 8.76. The largest absolute Gasteiger partial charge is 0.433 e. The predicted molar refractivity (Wildman–Crippen MR) is 86.4 cm³/mol. The fourth-order valence-electron chi connectivity index (χ4n) is 2.84. The first kappa shape index (κ1) is 17.4. The molecule has 2 bridgehead atoms. The second kappa shape index (κ2) is 6.64. The lowest BCUT2D eigenvalue weighted by Crippen LogP contribution is -2.37. The van der Waals surface area contributed by atoms with Gasteiger partial charge in [-0.2, -0.15) is 13.2 Å². The predicted octanol–water partition coefficient (Wildman–Crippen LogP) is 3.34. The zero-order chi connectivity index (χ0) is 18.3. The van der Waals surface area contributed by atoms with E-state index < -0.39 is 18.2 Å². The molecule has 0 amide bonds. The van der Waals surface area contributed by atoms with E-state index in [2.05, 4.69) is 9.97 Å². The lowest BCUT2D eigenvalue weighted by molar-refractivity contribution is -0.151. The molecule has 0 N–H and O–H groups in total. The molecule has 0 spiro atoms. The maximum Gasteiger partial charge on any atom is 0.433 e. The van der Waals surface area contributed by atoms with Crippen molar-refractivity contribution in [3.05, 3.63) is 42.1 Å². The van der Waals surface area contributed by atoms with E-state index in [-0.39, 0.29) is 41.0 Å². The van der Waals surface area contributed by atoms with E-state index in [1.807, 2.05) is 0 Å². The molecule has 0 aliphatic carbocycles. The summed E-state index contributed by atoms with van der Waals surface area (Å²) in [6, 6.07) is 9.50. The third-order valence-electron chi connectivity index (χ3n) is 4.11. The molecule has 2 fully saturated rings. The summed E-state index contributed by atoms with van der Waals surface area (Å²) in [6.45, 7) is 0.235. The van der Waals surface area contributed by atoms with E-state index in [1.54, 1.807) is 30.3 Å². The summed E-state index contributed by atoms with van der Waals surface area (Å²) in [6.07, 6.45) is -5.65. The number of ether oxygens (including phenoxy) is 2. The molecule has 2 aliphatic rings. The van der Waals surface area contributed by atoms with Gasteiger partial charge >= 0.3 is 6.18 Å². The minimum absolute atomic E-state index is 0.0366. The summed E-state index contributed by atoms with van der Waals surface area (Å²) in [4.78, 5) is 19.8. The van der Waals surface area contributed by atoms with Crippen LogP contribution in [0, 0.1) is 0 Å². The molecular weight excluding hydrogens is 369 g/mol. The molecule has 0 radical (unpaired) electrons. The Kier molecular flexibility index (Phi) is 4.45. The lowest BCUT2D eigenvalue weighted by Gasteiger charge is -2.25. The summed E-state index contributed by atoms with van der Waals surface area (Å²) in [5, 5.41) is -0.418. The van der Waals surface area contributed by atoms with Gasteiger partial charge in [0.2, 0.25) is 6.29 Å². The van der Waals surface area contributed by atoms with Crippen molar-refractivity contribution in [2.45, 2.75) is 35.4 Å². The van der Waals surface area contributed by atoms with Crippen LogP contribution in [-0.2, 0) is 20.4 Å². The Balaban J connectivity index is 1.68. The van der Waals surface area contributed by atoms with Crippen LogP contribution in [0.15, 0.2) is 41.6 Å². The van der Waals surface area contributed by atoms with Gasteiger partial charge in [0.05, 0.1) is 18.4 Å². The maximum atomic E-state index is 13.3. The van der Waals surface area contributed by atoms with E-state index in [4.69, 9.17) is 9.47 Å². The highest BCUT2D eigenvalue weighted by Crippen LogP contribution is 2.37. The summed E-state index contributed by atoms with van der Waals surface area (Å²) >= 11 is 1.02. The Morgan fingerprint density at radius 3 is 2.65 bits per heavy atom. The highest BCUT2D eigenvalue weighted by molar-refractivity contribution is 7.99. The number of halogens is 3. The molecular formula is C17H13F3N2O3S. The van der Waals surface area contributed by atoms with Crippen LogP contribution in [0.4, 0.5) is 13.2 Å². The van der Waals surface area contributed by atoms with Gasteiger partial charge in [0, 0.05) is 17.2 Å². The second-order valence-corrected chi connectivity index (χ2v) is 7.16. The summed E-state index contributed by atoms with van der Waals surface area (Å²) < 4.78 is 50.4. The molecule has 2 saturated heterocycles. The molecule has 0 saturated carbocycles. The third kappa shape index (κ3) is 3.46. The van der Waals surface area contributed by atoms with Crippen LogP contribution in [0.25, 0.3) is 11.3 Å². The van der Waals surface area contributed by atoms with Crippen molar-refractivity contribution in [2.75, 3.05) is 6.61 Å². The van der Waals surface area contributed by atoms with Crippen molar-refractivity contribution in [1.82, 2.24) is 9.97 Å². The minimum atomic E-state index is -4.60. The highest BCUT2D eigenvalue weighted by Gasteiger charge is 2.44. The number of Topliss-reactive ketones (excluding diaryl/α,β-unsaturated/α-hetero) is 1. The smallest absolute Gasteiger partial charge is 0.343 e. The van der Waals surface area contributed by atoms with Crippen molar-refractivity contribution in [3.63, 3.8) is 0 Å². The van der Waals surface area contributed by atoms with Crippen LogP contribution in [0.2, 0.25) is 0 Å². The van der Waals surface area contributed by atoms with Crippen LogP contribution in [0.5, 0.6) is 0 Å². The topological polar surface area (TPSA) is 61.3 Å². The zero-order valence-corrected chi connectivity index (χ0v) is 14.1. The molecule has 1 aromatic carbocycles. The number of fused-ring (bicyclic) bond motifs is 2. The molecule has 3 heterocycles. The zero-order valence-electron chi connectivity index (χ0n) is 13.3. The molecule has 3 atom stereocenters. The number of ketones is 1. The van der Waals surface area contributed by atoms with Gasteiger partial charge in [-0.3, -0.25) is 4.79 Å². The van der Waals surface area contributed by atoms with E-state index in [0.29, 0.717) is 5.56 Å². The van der Waals surface area contributed by atoms with E-state index in [1.165, 1.54) is 0 Å². The summed E-state index contributed by atoms with van der Waals surface area (Å²) in [5.41, 5.74) is -0.279. The Morgan fingerprint density at radius 2 is 1.92 bits per heavy atom. The van der Waals surface area contributed by atoms with Crippen molar-refractivity contribution in [3.8, 4) is 11.3 Å². The van der Waals surface area contributed by atoms with Gasteiger partial charge < -0.3 is 9.47 Å². The van der Waals surface area contributed by atoms with Gasteiger partial charge in [0.25, 0.3) is 0 Å². The average molecular weight is 382 g/mol. The number of hydrogen-bond acceptors (Lipinski definition) is 6. The number of benzene rings is 1. The van der Waals surface area contributed by atoms with Crippen molar-refractivity contribution >= 4 is 17.5 Å². The Hall–Kier alpha value is -1.97. The van der Waals surface area contributed by atoms with Gasteiger partial charge in [0.15, 0.2) is 10.9 Å². The van der Waals surface area contributed by atoms with Crippen molar-refractivity contribution in [1.29, 1.82) is 0 Å². The standard InChI is InChI=1S/C17H13F3N2O3S/c18-17(19,20)14-6-10(9-4-2-1-3-5-9)21-16(22-14)26-13-7-11(23)15-24-8-12(13)25-15/h1-6,12-13,15H,7-8H2/t12-,13-,15+/m1/s1. The van der Waals surface area contributed by atoms with Gasteiger partial charge in [0.1, 0.15) is 5.69 Å². The minimum Gasteiger partial charge on any atom is -0.343 e. The molecule has 2 aliphatic heterocycles. The summed E-state index contributed by atoms with van der Waals surface area (Å²) in [5.74, 6) is -0.216.